The van der Waals surface area contributed by atoms with E-state index in [9.17, 15) is 9.59 Å². The summed E-state index contributed by atoms with van der Waals surface area (Å²) >= 11 is 0. The lowest BCUT2D eigenvalue weighted by Gasteiger charge is -2.07. The van der Waals surface area contributed by atoms with Gasteiger partial charge in [-0.25, -0.2) is 0 Å². The van der Waals surface area contributed by atoms with Crippen molar-refractivity contribution in [3.05, 3.63) is 29.8 Å². The highest BCUT2D eigenvalue weighted by molar-refractivity contribution is 6.03. The summed E-state index contributed by atoms with van der Waals surface area (Å²) in [6.07, 6.45) is 2.94. The number of carbonyl (C=O) groups excluding carboxylic acids is 1. The van der Waals surface area contributed by atoms with E-state index < -0.39 is 5.97 Å². The molecular formula is C12H15N5O3. The summed E-state index contributed by atoms with van der Waals surface area (Å²) in [5.41, 5.74) is 1.76. The van der Waals surface area contributed by atoms with Crippen LogP contribution in [-0.2, 0) is 18.4 Å². The zero-order valence-electron chi connectivity index (χ0n) is 11.2. The molecule has 0 fully saturated rings. The number of aryl methyl sites for hydroxylation is 2. The van der Waals surface area contributed by atoms with Gasteiger partial charge in [0.2, 0.25) is 0 Å². The van der Waals surface area contributed by atoms with Crippen LogP contribution in [0.15, 0.2) is 18.5 Å². The smallest absolute Gasteiger partial charge is 0.305 e. The zero-order chi connectivity index (χ0) is 14.7. The van der Waals surface area contributed by atoms with Crippen molar-refractivity contribution in [2.45, 2.75) is 19.9 Å². The third kappa shape index (κ3) is 2.85. The van der Waals surface area contributed by atoms with E-state index in [0.717, 1.165) is 5.69 Å². The lowest BCUT2D eigenvalue weighted by molar-refractivity contribution is -0.137. The Morgan fingerprint density at radius 3 is 2.75 bits per heavy atom. The highest BCUT2D eigenvalue weighted by Crippen LogP contribution is 2.13. The van der Waals surface area contributed by atoms with Crippen LogP contribution in [0.3, 0.4) is 0 Å². The lowest BCUT2D eigenvalue weighted by Crippen LogP contribution is -2.19. The molecule has 2 aromatic heterocycles. The standard InChI is InChI=1S/C12H15N5O3/c1-8-9(7-14-16(8)2)15-12(20)10-3-5-13-17(10)6-4-11(18)19/h3,5,7H,4,6H2,1-2H3,(H,15,20)(H,18,19). The Morgan fingerprint density at radius 1 is 1.40 bits per heavy atom. The van der Waals surface area contributed by atoms with Gasteiger partial charge in [-0.3, -0.25) is 19.0 Å². The van der Waals surface area contributed by atoms with E-state index in [0.29, 0.717) is 11.4 Å². The van der Waals surface area contributed by atoms with Crippen LogP contribution >= 0.6 is 0 Å². The van der Waals surface area contributed by atoms with Gasteiger partial charge in [-0.05, 0) is 13.0 Å². The molecular weight excluding hydrogens is 262 g/mol. The molecule has 106 valence electrons. The molecule has 0 atom stereocenters. The van der Waals surface area contributed by atoms with Gasteiger partial charge >= 0.3 is 5.97 Å². The number of hydrogen-bond acceptors (Lipinski definition) is 4. The summed E-state index contributed by atoms with van der Waals surface area (Å²) in [7, 11) is 1.78. The molecule has 8 heteroatoms. The predicted octanol–water partition coefficient (Wildman–Crippen LogP) is 0.652. The number of rotatable bonds is 5. The second-order valence-electron chi connectivity index (χ2n) is 4.30. The Bertz CT molecular complexity index is 643. The fourth-order valence-corrected chi connectivity index (χ4v) is 1.71. The Kier molecular flexibility index (Phi) is 3.83. The molecule has 0 aliphatic carbocycles. The van der Waals surface area contributed by atoms with Crippen LogP contribution in [0.25, 0.3) is 0 Å². The largest absolute Gasteiger partial charge is 0.481 e. The minimum absolute atomic E-state index is 0.0894. The van der Waals surface area contributed by atoms with E-state index in [1.54, 1.807) is 24.0 Å². The van der Waals surface area contributed by atoms with Gasteiger partial charge in [0.15, 0.2) is 0 Å². The van der Waals surface area contributed by atoms with Crippen LogP contribution in [0.5, 0.6) is 0 Å². The molecule has 0 radical (unpaired) electrons. The average molecular weight is 277 g/mol. The molecule has 2 heterocycles. The quantitative estimate of drug-likeness (QED) is 0.835. The van der Waals surface area contributed by atoms with Crippen molar-refractivity contribution in [1.29, 1.82) is 0 Å². The highest BCUT2D eigenvalue weighted by atomic mass is 16.4. The molecule has 0 spiro atoms. The van der Waals surface area contributed by atoms with E-state index in [1.165, 1.54) is 10.9 Å². The van der Waals surface area contributed by atoms with E-state index in [2.05, 4.69) is 15.5 Å². The Morgan fingerprint density at radius 2 is 2.15 bits per heavy atom. The van der Waals surface area contributed by atoms with Gasteiger partial charge in [0.05, 0.1) is 30.5 Å². The number of carboxylic acids is 1. The zero-order valence-corrected chi connectivity index (χ0v) is 11.2. The normalized spacial score (nSPS) is 10.5. The maximum absolute atomic E-state index is 12.1. The van der Waals surface area contributed by atoms with Crippen LogP contribution in [-0.4, -0.2) is 36.5 Å². The first-order valence-corrected chi connectivity index (χ1v) is 6.02. The van der Waals surface area contributed by atoms with Crippen molar-refractivity contribution < 1.29 is 14.7 Å². The second kappa shape index (κ2) is 5.55. The Hall–Kier alpha value is -2.64. The van der Waals surface area contributed by atoms with Crippen LogP contribution < -0.4 is 5.32 Å². The molecule has 2 aromatic rings. The molecule has 8 nitrogen and oxygen atoms in total. The van der Waals surface area contributed by atoms with Crippen LogP contribution in [0, 0.1) is 6.92 Å². The number of amides is 1. The second-order valence-corrected chi connectivity index (χ2v) is 4.30. The summed E-state index contributed by atoms with van der Waals surface area (Å²) < 4.78 is 3.02. The third-order valence-corrected chi connectivity index (χ3v) is 2.97. The van der Waals surface area contributed by atoms with Crippen molar-refractivity contribution in [3.63, 3.8) is 0 Å². The molecule has 2 rings (SSSR count). The molecule has 0 aliphatic rings. The average Bonchev–Trinajstić information content (AvgIpc) is 2.98. The fourth-order valence-electron chi connectivity index (χ4n) is 1.71. The molecule has 0 saturated heterocycles. The first kappa shape index (κ1) is 13.8. The van der Waals surface area contributed by atoms with E-state index in [4.69, 9.17) is 5.11 Å². The molecule has 1 amide bonds. The number of aromatic nitrogens is 4. The number of carboxylic acid groups (broad SMARTS) is 1. The first-order valence-electron chi connectivity index (χ1n) is 6.02. The van der Waals surface area contributed by atoms with Crippen molar-refractivity contribution in [1.82, 2.24) is 19.6 Å². The number of nitrogens with zero attached hydrogens (tertiary/aromatic N) is 4. The molecule has 20 heavy (non-hydrogen) atoms. The molecule has 0 aliphatic heterocycles. The molecule has 0 saturated carbocycles. The molecule has 0 unspecified atom stereocenters. The lowest BCUT2D eigenvalue weighted by atomic mass is 10.3. The maximum atomic E-state index is 12.1. The van der Waals surface area contributed by atoms with Gasteiger partial charge in [-0.2, -0.15) is 10.2 Å². The number of nitrogens with one attached hydrogen (secondary N) is 1. The van der Waals surface area contributed by atoms with Gasteiger partial charge in [-0.15, -0.1) is 0 Å². The maximum Gasteiger partial charge on any atom is 0.305 e. The van der Waals surface area contributed by atoms with Crippen molar-refractivity contribution in [2.24, 2.45) is 7.05 Å². The molecule has 2 N–H and O–H groups in total. The molecule has 0 aromatic carbocycles. The van der Waals surface area contributed by atoms with Crippen LogP contribution in [0.2, 0.25) is 0 Å². The summed E-state index contributed by atoms with van der Waals surface area (Å²) in [5.74, 6) is -1.28. The van der Waals surface area contributed by atoms with Crippen LogP contribution in [0.1, 0.15) is 22.6 Å². The number of anilines is 1. The highest BCUT2D eigenvalue weighted by Gasteiger charge is 2.15. The summed E-state index contributed by atoms with van der Waals surface area (Å²) in [4.78, 5) is 22.7. The van der Waals surface area contributed by atoms with Gasteiger partial charge in [0, 0.05) is 13.2 Å². The topological polar surface area (TPSA) is 102 Å². The van der Waals surface area contributed by atoms with Gasteiger partial charge in [-0.1, -0.05) is 0 Å². The number of hydrogen-bond donors (Lipinski definition) is 2. The summed E-state index contributed by atoms with van der Waals surface area (Å²) in [6, 6.07) is 1.54. The van der Waals surface area contributed by atoms with Crippen molar-refractivity contribution in [2.75, 3.05) is 5.32 Å². The Labute approximate surface area is 115 Å². The fraction of sp³-hybridized carbons (Fsp3) is 0.333. The SMILES string of the molecule is Cc1c(NC(=O)c2ccnn2CCC(=O)O)cnn1C. The molecule has 0 bridgehead atoms. The van der Waals surface area contributed by atoms with Crippen molar-refractivity contribution in [3.8, 4) is 0 Å². The minimum Gasteiger partial charge on any atom is -0.481 e. The van der Waals surface area contributed by atoms with E-state index in [1.807, 2.05) is 6.92 Å². The summed E-state index contributed by atoms with van der Waals surface area (Å²) in [5, 5.41) is 19.4. The van der Waals surface area contributed by atoms with E-state index in [-0.39, 0.29) is 18.9 Å². The van der Waals surface area contributed by atoms with E-state index >= 15 is 0 Å². The number of carbonyl (C=O) groups is 2. The van der Waals surface area contributed by atoms with Gasteiger partial charge in [0.1, 0.15) is 5.69 Å². The third-order valence-electron chi connectivity index (χ3n) is 2.97. The monoisotopic (exact) mass is 277 g/mol. The predicted molar refractivity (Wildman–Crippen MR) is 70.4 cm³/mol. The van der Waals surface area contributed by atoms with Crippen molar-refractivity contribution >= 4 is 17.6 Å². The van der Waals surface area contributed by atoms with Crippen LogP contribution in [0.4, 0.5) is 5.69 Å². The Balaban J connectivity index is 2.11. The summed E-state index contributed by atoms with van der Waals surface area (Å²) in [6.45, 7) is 1.99. The first-order chi connectivity index (χ1) is 9.49. The van der Waals surface area contributed by atoms with Gasteiger partial charge in [0.25, 0.3) is 5.91 Å². The van der Waals surface area contributed by atoms with Gasteiger partial charge < -0.3 is 10.4 Å². The number of aliphatic carboxylic acids is 1. The minimum atomic E-state index is -0.935.